The highest BCUT2D eigenvalue weighted by Gasteiger charge is 2.21. The molecule has 0 radical (unpaired) electrons. The number of ether oxygens (including phenoxy) is 3. The molecule has 0 aromatic heterocycles. The Morgan fingerprint density at radius 1 is 0.691 bits per heavy atom. The van der Waals surface area contributed by atoms with Crippen molar-refractivity contribution in [3.05, 3.63) is 59.7 Å². The molecule has 2 unspecified atom stereocenters. The maximum atomic E-state index is 13.5. The molecular formula is C45H63N3O7. The first-order valence-corrected chi connectivity index (χ1v) is 20.1. The Kier molecular flexibility index (Phi) is 15.5. The summed E-state index contributed by atoms with van der Waals surface area (Å²) < 4.78 is 16.4. The van der Waals surface area contributed by atoms with E-state index in [2.05, 4.69) is 47.1 Å². The third-order valence-corrected chi connectivity index (χ3v) is 9.53. The van der Waals surface area contributed by atoms with Crippen LogP contribution in [0.4, 0.5) is 9.59 Å². The maximum Gasteiger partial charge on any atom is 0.407 e. The van der Waals surface area contributed by atoms with E-state index in [9.17, 15) is 19.2 Å². The fourth-order valence-corrected chi connectivity index (χ4v) is 6.84. The molecule has 1 aliphatic carbocycles. The van der Waals surface area contributed by atoms with Gasteiger partial charge in [0.15, 0.2) is 0 Å². The first-order valence-electron chi connectivity index (χ1n) is 20.1. The molecule has 0 spiro atoms. The lowest BCUT2D eigenvalue weighted by Crippen LogP contribution is -2.40. The van der Waals surface area contributed by atoms with Gasteiger partial charge in [-0.2, -0.15) is 0 Å². The van der Waals surface area contributed by atoms with E-state index in [1.54, 1.807) is 0 Å². The summed E-state index contributed by atoms with van der Waals surface area (Å²) in [6, 6.07) is 14.2. The molecule has 55 heavy (non-hydrogen) atoms. The monoisotopic (exact) mass is 757 g/mol. The lowest BCUT2D eigenvalue weighted by molar-refractivity contribution is -0.135. The molecule has 0 bridgehead atoms. The van der Waals surface area contributed by atoms with Gasteiger partial charge in [0.25, 0.3) is 0 Å². The van der Waals surface area contributed by atoms with Gasteiger partial charge in [-0.3, -0.25) is 9.59 Å². The van der Waals surface area contributed by atoms with E-state index < -0.39 is 23.4 Å². The standard InChI is InChI=1S/C45H63N3O7/c1-31(46-42(51)54-44(3,4)5)16-12-10-9-11-13-28-48(29-27-32(2)47-43(52)55-45(6,7)8)40(49)19-15-20-41(50)53-35-23-26-37-34(30-35)22-25-38-36-18-14-17-33(36)21-24-39(37)38/h14,17,21-26,30-32H,9-13,15-16,18-20,27-29H2,1-8H3,(H,46,51)(H,47,52). The number of nitrogens with one attached hydrogen (secondary N) is 2. The highest BCUT2D eigenvalue weighted by atomic mass is 16.6. The van der Waals surface area contributed by atoms with Crippen LogP contribution in [0.2, 0.25) is 0 Å². The van der Waals surface area contributed by atoms with Crippen molar-refractivity contribution in [2.75, 3.05) is 13.1 Å². The Morgan fingerprint density at radius 2 is 1.31 bits per heavy atom. The van der Waals surface area contributed by atoms with E-state index in [4.69, 9.17) is 14.2 Å². The number of nitrogens with zero attached hydrogens (tertiary/aromatic N) is 1. The van der Waals surface area contributed by atoms with Gasteiger partial charge in [-0.15, -0.1) is 0 Å². The van der Waals surface area contributed by atoms with Crippen molar-refractivity contribution in [2.45, 2.75) is 149 Å². The molecular weight excluding hydrogens is 695 g/mol. The molecule has 10 nitrogen and oxygen atoms in total. The number of esters is 1. The van der Waals surface area contributed by atoms with Crippen LogP contribution in [0.15, 0.2) is 48.5 Å². The van der Waals surface area contributed by atoms with Gasteiger partial charge in [-0.1, -0.05) is 68.2 Å². The zero-order valence-electron chi connectivity index (χ0n) is 34.3. The molecule has 1 aliphatic rings. The highest BCUT2D eigenvalue weighted by molar-refractivity contribution is 6.10. The zero-order valence-corrected chi connectivity index (χ0v) is 34.3. The van der Waals surface area contributed by atoms with Crippen LogP contribution in [0.5, 0.6) is 5.75 Å². The molecule has 4 rings (SSSR count). The molecule has 3 aromatic carbocycles. The fraction of sp³-hybridized carbons (Fsp3) is 0.556. The fourth-order valence-electron chi connectivity index (χ4n) is 6.84. The van der Waals surface area contributed by atoms with Crippen LogP contribution in [-0.4, -0.2) is 65.3 Å². The normalized spacial score (nSPS) is 13.6. The van der Waals surface area contributed by atoms with Gasteiger partial charge in [0.2, 0.25) is 5.91 Å². The van der Waals surface area contributed by atoms with E-state index in [0.29, 0.717) is 31.7 Å². The Balaban J connectivity index is 1.23. The van der Waals surface area contributed by atoms with Crippen LogP contribution in [-0.2, 0) is 25.5 Å². The second kappa shape index (κ2) is 19.8. The quantitative estimate of drug-likeness (QED) is 0.0573. The number of unbranched alkanes of at least 4 members (excludes halogenated alkanes) is 4. The van der Waals surface area contributed by atoms with Gasteiger partial charge >= 0.3 is 18.2 Å². The molecule has 2 atom stereocenters. The van der Waals surface area contributed by atoms with Crippen LogP contribution in [0.1, 0.15) is 131 Å². The number of fused-ring (bicyclic) bond motifs is 5. The average Bonchev–Trinajstić information content (AvgIpc) is 3.56. The Morgan fingerprint density at radius 3 is 2.00 bits per heavy atom. The number of amides is 3. The highest BCUT2D eigenvalue weighted by Crippen LogP contribution is 2.34. The van der Waals surface area contributed by atoms with Crippen molar-refractivity contribution in [2.24, 2.45) is 0 Å². The van der Waals surface area contributed by atoms with E-state index in [1.807, 2.05) is 78.5 Å². The topological polar surface area (TPSA) is 123 Å². The Bertz CT molecular complexity index is 1820. The van der Waals surface area contributed by atoms with E-state index in [1.165, 1.54) is 21.9 Å². The number of hydrogen-bond donors (Lipinski definition) is 2. The van der Waals surface area contributed by atoms with Gasteiger partial charge in [0, 0.05) is 38.0 Å². The largest absolute Gasteiger partial charge is 0.444 e. The summed E-state index contributed by atoms with van der Waals surface area (Å²) in [5, 5.41) is 10.3. The van der Waals surface area contributed by atoms with Crippen molar-refractivity contribution < 1.29 is 33.4 Å². The number of carbonyl (C=O) groups excluding carboxylic acids is 4. The predicted octanol–water partition coefficient (Wildman–Crippen LogP) is 10.0. The van der Waals surface area contributed by atoms with Crippen LogP contribution >= 0.6 is 0 Å². The molecule has 0 aliphatic heterocycles. The van der Waals surface area contributed by atoms with Crippen LogP contribution in [0, 0.1) is 0 Å². The maximum absolute atomic E-state index is 13.5. The first-order chi connectivity index (χ1) is 26.0. The summed E-state index contributed by atoms with van der Waals surface area (Å²) in [7, 11) is 0. The van der Waals surface area contributed by atoms with Crippen molar-refractivity contribution >= 4 is 51.7 Å². The van der Waals surface area contributed by atoms with Crippen molar-refractivity contribution in [3.63, 3.8) is 0 Å². The van der Waals surface area contributed by atoms with Gasteiger partial charge in [0.1, 0.15) is 17.0 Å². The van der Waals surface area contributed by atoms with Crippen molar-refractivity contribution in [3.8, 4) is 5.75 Å². The van der Waals surface area contributed by atoms with Crippen LogP contribution in [0.3, 0.4) is 0 Å². The number of allylic oxidation sites excluding steroid dienone is 1. The summed E-state index contributed by atoms with van der Waals surface area (Å²) in [5.41, 5.74) is 1.50. The molecule has 2 N–H and O–H groups in total. The predicted molar refractivity (Wildman–Crippen MR) is 220 cm³/mol. The van der Waals surface area contributed by atoms with Crippen molar-refractivity contribution in [1.82, 2.24) is 15.5 Å². The minimum atomic E-state index is -0.596. The summed E-state index contributed by atoms with van der Waals surface area (Å²) in [5.74, 6) is 0.112. The zero-order chi connectivity index (χ0) is 40.2. The second-order valence-electron chi connectivity index (χ2n) is 16.9. The minimum absolute atomic E-state index is 0.0152. The summed E-state index contributed by atoms with van der Waals surface area (Å²) in [4.78, 5) is 52.5. The number of hydrogen-bond acceptors (Lipinski definition) is 7. The third kappa shape index (κ3) is 14.5. The van der Waals surface area contributed by atoms with Gasteiger partial charge in [-0.05, 0) is 132 Å². The van der Waals surface area contributed by atoms with Gasteiger partial charge < -0.3 is 29.7 Å². The van der Waals surface area contributed by atoms with E-state index >= 15 is 0 Å². The SMILES string of the molecule is CC(CCCCCCCN(CCC(C)NC(=O)OC(C)(C)C)C(=O)CCCC(=O)Oc1ccc2c(ccc3c4c(ccc32)C=CC4)c1)NC(=O)OC(C)(C)C. The van der Waals surface area contributed by atoms with E-state index in [-0.39, 0.29) is 36.8 Å². The van der Waals surface area contributed by atoms with Crippen LogP contribution < -0.4 is 15.4 Å². The molecule has 0 saturated heterocycles. The number of alkyl carbamates (subject to hydrolysis) is 2. The number of rotatable bonds is 18. The molecule has 0 fully saturated rings. The average molecular weight is 758 g/mol. The summed E-state index contributed by atoms with van der Waals surface area (Å²) in [6.07, 6.45) is 11.5. The molecule has 3 aromatic rings. The minimum Gasteiger partial charge on any atom is -0.444 e. The van der Waals surface area contributed by atoms with Gasteiger partial charge in [-0.25, -0.2) is 9.59 Å². The Labute approximate surface area is 327 Å². The van der Waals surface area contributed by atoms with Gasteiger partial charge in [0.05, 0.1) is 0 Å². The van der Waals surface area contributed by atoms with Crippen LogP contribution in [0.25, 0.3) is 27.6 Å². The lowest BCUT2D eigenvalue weighted by Gasteiger charge is -2.26. The van der Waals surface area contributed by atoms with E-state index in [0.717, 1.165) is 55.7 Å². The van der Waals surface area contributed by atoms with Crippen molar-refractivity contribution in [1.29, 1.82) is 0 Å². The molecule has 3 amide bonds. The second-order valence-corrected chi connectivity index (χ2v) is 16.9. The molecule has 300 valence electrons. The number of benzene rings is 3. The first kappa shape index (κ1) is 43.1. The summed E-state index contributed by atoms with van der Waals surface area (Å²) >= 11 is 0. The molecule has 0 saturated carbocycles. The lowest BCUT2D eigenvalue weighted by atomic mass is 9.96. The summed E-state index contributed by atoms with van der Waals surface area (Å²) in [6.45, 7) is 16.0. The Hall–Kier alpha value is -4.60. The smallest absolute Gasteiger partial charge is 0.407 e. The third-order valence-electron chi connectivity index (χ3n) is 9.53. The molecule has 10 heteroatoms. The number of carbonyl (C=O) groups is 4. The molecule has 0 heterocycles.